The van der Waals surface area contributed by atoms with E-state index in [-0.39, 0.29) is 11.9 Å². The molecule has 150 valence electrons. The third-order valence-electron chi connectivity index (χ3n) is 4.70. The lowest BCUT2D eigenvalue weighted by Crippen LogP contribution is -2.43. The fourth-order valence-electron chi connectivity index (χ4n) is 3.11. The standard InChI is InChI=1S/C20H29N7O/c1-2-8-23-18-17(19(28)26-16-6-11-22-12-7-16)14-25-20(27-18)24-13-5-15-3-9-21-10-4-15/h3-4,9-10,14,16,22H,2,5-8,11-13H2,1H3,(H,26,28)(H2,23,24,25,27). The number of hydrogen-bond acceptors (Lipinski definition) is 7. The van der Waals surface area contributed by atoms with E-state index in [0.29, 0.717) is 23.9 Å². The summed E-state index contributed by atoms with van der Waals surface area (Å²) >= 11 is 0. The number of pyridine rings is 1. The molecule has 2 aromatic rings. The first-order valence-electron chi connectivity index (χ1n) is 10.0. The van der Waals surface area contributed by atoms with Gasteiger partial charge < -0.3 is 21.3 Å². The first-order chi connectivity index (χ1) is 13.8. The monoisotopic (exact) mass is 383 g/mol. The Bertz CT molecular complexity index is 747. The molecular weight excluding hydrogens is 354 g/mol. The molecule has 0 unspecified atom stereocenters. The van der Waals surface area contributed by atoms with Crippen molar-refractivity contribution in [1.29, 1.82) is 0 Å². The Hall–Kier alpha value is -2.74. The number of nitrogens with zero attached hydrogens (tertiary/aromatic N) is 3. The second-order valence-electron chi connectivity index (χ2n) is 6.91. The van der Waals surface area contributed by atoms with Crippen molar-refractivity contribution in [2.24, 2.45) is 0 Å². The second-order valence-corrected chi connectivity index (χ2v) is 6.91. The normalized spacial score (nSPS) is 14.5. The van der Waals surface area contributed by atoms with Crippen LogP contribution in [0.25, 0.3) is 0 Å². The van der Waals surface area contributed by atoms with Crippen LogP contribution in [0.15, 0.2) is 30.7 Å². The molecule has 3 rings (SSSR count). The number of piperidine rings is 1. The van der Waals surface area contributed by atoms with E-state index in [1.165, 1.54) is 5.56 Å². The van der Waals surface area contributed by atoms with Crippen LogP contribution in [0.1, 0.15) is 42.1 Å². The number of carbonyl (C=O) groups excluding carboxylic acids is 1. The SMILES string of the molecule is CCCNc1nc(NCCc2ccncc2)ncc1C(=O)NC1CCNCC1. The van der Waals surface area contributed by atoms with Crippen molar-refractivity contribution in [2.75, 3.05) is 36.8 Å². The number of amides is 1. The van der Waals surface area contributed by atoms with E-state index in [1.54, 1.807) is 18.6 Å². The molecule has 0 saturated carbocycles. The van der Waals surface area contributed by atoms with E-state index in [0.717, 1.165) is 45.3 Å². The van der Waals surface area contributed by atoms with Gasteiger partial charge in [0.2, 0.25) is 5.95 Å². The number of anilines is 2. The number of rotatable bonds is 9. The first kappa shape index (κ1) is 20.0. The Kier molecular flexibility index (Phi) is 7.54. The zero-order valence-electron chi connectivity index (χ0n) is 16.4. The fourth-order valence-corrected chi connectivity index (χ4v) is 3.11. The van der Waals surface area contributed by atoms with Gasteiger partial charge in [-0.15, -0.1) is 0 Å². The molecule has 1 amide bonds. The number of aromatic nitrogens is 3. The highest BCUT2D eigenvalue weighted by Gasteiger charge is 2.20. The summed E-state index contributed by atoms with van der Waals surface area (Å²) in [6.07, 6.45) is 8.86. The maximum atomic E-state index is 12.7. The van der Waals surface area contributed by atoms with Gasteiger partial charge in [0.25, 0.3) is 5.91 Å². The summed E-state index contributed by atoms with van der Waals surface area (Å²) in [5.41, 5.74) is 1.69. The summed E-state index contributed by atoms with van der Waals surface area (Å²) in [6.45, 7) is 5.40. The van der Waals surface area contributed by atoms with E-state index in [1.807, 2.05) is 12.1 Å². The average Bonchev–Trinajstić information content (AvgIpc) is 2.74. The lowest BCUT2D eigenvalue weighted by atomic mass is 10.1. The van der Waals surface area contributed by atoms with E-state index < -0.39 is 0 Å². The summed E-state index contributed by atoms with van der Waals surface area (Å²) in [4.78, 5) is 25.6. The molecule has 0 aliphatic carbocycles. The highest BCUT2D eigenvalue weighted by atomic mass is 16.1. The Labute approximate surface area is 166 Å². The zero-order chi connectivity index (χ0) is 19.6. The van der Waals surface area contributed by atoms with Crippen LogP contribution in [-0.4, -0.2) is 53.1 Å². The van der Waals surface area contributed by atoms with E-state index >= 15 is 0 Å². The summed E-state index contributed by atoms with van der Waals surface area (Å²) in [5, 5.41) is 12.9. The third kappa shape index (κ3) is 5.88. The molecular formula is C20H29N7O. The number of nitrogens with one attached hydrogen (secondary N) is 4. The van der Waals surface area contributed by atoms with Crippen LogP contribution < -0.4 is 21.3 Å². The molecule has 1 aliphatic heterocycles. The largest absolute Gasteiger partial charge is 0.369 e. The van der Waals surface area contributed by atoms with Gasteiger partial charge in [0.1, 0.15) is 11.4 Å². The van der Waals surface area contributed by atoms with E-state index in [4.69, 9.17) is 0 Å². The Morgan fingerprint density at radius 2 is 1.96 bits per heavy atom. The van der Waals surface area contributed by atoms with Gasteiger partial charge >= 0.3 is 0 Å². The molecule has 0 aromatic carbocycles. The van der Waals surface area contributed by atoms with Crippen molar-refractivity contribution >= 4 is 17.7 Å². The van der Waals surface area contributed by atoms with Crippen LogP contribution in [0.4, 0.5) is 11.8 Å². The fraction of sp³-hybridized carbons (Fsp3) is 0.500. The van der Waals surface area contributed by atoms with Crippen molar-refractivity contribution in [3.05, 3.63) is 41.9 Å². The third-order valence-corrected chi connectivity index (χ3v) is 4.70. The molecule has 1 fully saturated rings. The van der Waals surface area contributed by atoms with Gasteiger partial charge in [-0.05, 0) is 56.5 Å². The minimum atomic E-state index is -0.117. The predicted molar refractivity (Wildman–Crippen MR) is 111 cm³/mol. The van der Waals surface area contributed by atoms with Gasteiger partial charge in [0.05, 0.1) is 0 Å². The van der Waals surface area contributed by atoms with Gasteiger partial charge in [-0.1, -0.05) is 6.92 Å². The average molecular weight is 384 g/mol. The van der Waals surface area contributed by atoms with Crippen LogP contribution in [0.3, 0.4) is 0 Å². The smallest absolute Gasteiger partial charge is 0.256 e. The van der Waals surface area contributed by atoms with Gasteiger partial charge in [-0.25, -0.2) is 4.98 Å². The maximum absolute atomic E-state index is 12.7. The van der Waals surface area contributed by atoms with Crippen molar-refractivity contribution in [3.8, 4) is 0 Å². The van der Waals surface area contributed by atoms with Gasteiger partial charge in [-0.2, -0.15) is 4.98 Å². The highest BCUT2D eigenvalue weighted by Crippen LogP contribution is 2.15. The minimum absolute atomic E-state index is 0.117. The predicted octanol–water partition coefficient (Wildman–Crippen LogP) is 1.83. The summed E-state index contributed by atoms with van der Waals surface area (Å²) in [7, 11) is 0. The molecule has 2 aromatic heterocycles. The van der Waals surface area contributed by atoms with Crippen LogP contribution in [0.5, 0.6) is 0 Å². The molecule has 3 heterocycles. The molecule has 0 radical (unpaired) electrons. The van der Waals surface area contributed by atoms with Gasteiger partial charge in [-0.3, -0.25) is 9.78 Å². The van der Waals surface area contributed by atoms with E-state index in [9.17, 15) is 4.79 Å². The maximum Gasteiger partial charge on any atom is 0.256 e. The summed E-state index contributed by atoms with van der Waals surface area (Å²) in [5.74, 6) is 0.981. The molecule has 0 bridgehead atoms. The molecule has 1 aliphatic rings. The van der Waals surface area contributed by atoms with Crippen molar-refractivity contribution in [2.45, 2.75) is 38.6 Å². The summed E-state index contributed by atoms with van der Waals surface area (Å²) in [6, 6.07) is 4.18. The molecule has 1 saturated heterocycles. The first-order valence-corrected chi connectivity index (χ1v) is 10.0. The molecule has 8 heteroatoms. The van der Waals surface area contributed by atoms with Crippen molar-refractivity contribution in [1.82, 2.24) is 25.6 Å². The molecule has 28 heavy (non-hydrogen) atoms. The number of hydrogen-bond donors (Lipinski definition) is 4. The topological polar surface area (TPSA) is 104 Å². The molecule has 0 spiro atoms. The van der Waals surface area contributed by atoms with Crippen LogP contribution in [0, 0.1) is 0 Å². The molecule has 4 N–H and O–H groups in total. The number of carbonyl (C=O) groups is 1. The van der Waals surface area contributed by atoms with Gasteiger partial charge in [0, 0.05) is 37.7 Å². The lowest BCUT2D eigenvalue weighted by molar-refractivity contribution is 0.0929. The molecule has 8 nitrogen and oxygen atoms in total. The van der Waals surface area contributed by atoms with Crippen molar-refractivity contribution < 1.29 is 4.79 Å². The summed E-state index contributed by atoms with van der Waals surface area (Å²) < 4.78 is 0. The lowest BCUT2D eigenvalue weighted by Gasteiger charge is -2.24. The van der Waals surface area contributed by atoms with Crippen LogP contribution >= 0.6 is 0 Å². The quantitative estimate of drug-likeness (QED) is 0.524. The molecule has 0 atom stereocenters. The Morgan fingerprint density at radius 3 is 2.71 bits per heavy atom. The zero-order valence-corrected chi connectivity index (χ0v) is 16.4. The Balaban J connectivity index is 1.63. The Morgan fingerprint density at radius 1 is 1.18 bits per heavy atom. The second kappa shape index (κ2) is 10.6. The van der Waals surface area contributed by atoms with Crippen molar-refractivity contribution in [3.63, 3.8) is 0 Å². The minimum Gasteiger partial charge on any atom is -0.369 e. The van der Waals surface area contributed by atoms with Gasteiger partial charge in [0.15, 0.2) is 0 Å². The van der Waals surface area contributed by atoms with Crippen LogP contribution in [0.2, 0.25) is 0 Å². The highest BCUT2D eigenvalue weighted by molar-refractivity contribution is 5.98. The van der Waals surface area contributed by atoms with Crippen LogP contribution in [-0.2, 0) is 6.42 Å². The van der Waals surface area contributed by atoms with E-state index in [2.05, 4.69) is 43.1 Å².